The van der Waals surface area contributed by atoms with Gasteiger partial charge in [0.1, 0.15) is 5.75 Å². The molecular formula is C13H14N4O4. The van der Waals surface area contributed by atoms with E-state index in [9.17, 15) is 14.7 Å². The summed E-state index contributed by atoms with van der Waals surface area (Å²) in [5.41, 5.74) is 0.859. The lowest BCUT2D eigenvalue weighted by atomic mass is 10.2. The largest absolute Gasteiger partial charge is 0.506 e. The number of aromatic nitrogens is 2. The number of hydrogen-bond donors (Lipinski definition) is 5. The maximum absolute atomic E-state index is 11.8. The predicted molar refractivity (Wildman–Crippen MR) is 74.2 cm³/mol. The van der Waals surface area contributed by atoms with Crippen molar-refractivity contribution in [3.8, 4) is 5.75 Å². The molecule has 1 atom stereocenters. The van der Waals surface area contributed by atoms with Crippen molar-refractivity contribution in [1.82, 2.24) is 15.5 Å². The number of amides is 2. The Morgan fingerprint density at radius 2 is 2.14 bits per heavy atom. The van der Waals surface area contributed by atoms with Crippen LogP contribution >= 0.6 is 0 Å². The molecular weight excluding hydrogens is 276 g/mol. The van der Waals surface area contributed by atoms with Crippen LogP contribution in [0, 0.1) is 0 Å². The number of nitrogens with one attached hydrogen (secondary N) is 3. The monoisotopic (exact) mass is 290 g/mol. The summed E-state index contributed by atoms with van der Waals surface area (Å²) >= 11 is 0. The Labute approximate surface area is 119 Å². The molecule has 0 spiro atoms. The van der Waals surface area contributed by atoms with Gasteiger partial charge in [-0.05, 0) is 25.1 Å². The number of carbonyl (C=O) groups is 2. The number of H-pyrrole nitrogens is 1. The number of carbonyl (C=O) groups excluding carboxylic acids is 1. The van der Waals surface area contributed by atoms with Crippen LogP contribution in [0.15, 0.2) is 30.6 Å². The van der Waals surface area contributed by atoms with Gasteiger partial charge < -0.3 is 20.8 Å². The lowest BCUT2D eigenvalue weighted by Gasteiger charge is -2.14. The molecule has 0 aliphatic rings. The fourth-order valence-electron chi connectivity index (χ4n) is 1.71. The Balaban J connectivity index is 2.01. The van der Waals surface area contributed by atoms with E-state index in [0.29, 0.717) is 0 Å². The quantitative estimate of drug-likeness (QED) is 0.547. The lowest BCUT2D eigenvalue weighted by molar-refractivity contribution is 0.0696. The van der Waals surface area contributed by atoms with Gasteiger partial charge in [-0.1, -0.05) is 0 Å². The first-order valence-corrected chi connectivity index (χ1v) is 6.10. The molecule has 2 aromatic rings. The van der Waals surface area contributed by atoms with E-state index in [0.717, 1.165) is 11.6 Å². The molecule has 0 aliphatic heterocycles. The number of carboxylic acid groups (broad SMARTS) is 1. The zero-order chi connectivity index (χ0) is 15.4. The van der Waals surface area contributed by atoms with Crippen LogP contribution in [0.4, 0.5) is 10.5 Å². The molecule has 2 amide bonds. The number of urea groups is 1. The SMILES string of the molecule is CC(NC(=O)Nc1ccc(C(=O)O)cc1O)c1cn[nH]c1. The number of nitrogens with zero attached hydrogens (tertiary/aromatic N) is 1. The normalized spacial score (nSPS) is 11.7. The second-order valence-electron chi connectivity index (χ2n) is 4.39. The first-order chi connectivity index (χ1) is 9.97. The summed E-state index contributed by atoms with van der Waals surface area (Å²) < 4.78 is 0. The highest BCUT2D eigenvalue weighted by Gasteiger charge is 2.13. The molecule has 8 heteroatoms. The van der Waals surface area contributed by atoms with E-state index in [-0.39, 0.29) is 23.0 Å². The average molecular weight is 290 g/mol. The number of aromatic amines is 1. The van der Waals surface area contributed by atoms with Crippen molar-refractivity contribution in [2.45, 2.75) is 13.0 Å². The van der Waals surface area contributed by atoms with Crippen molar-refractivity contribution in [1.29, 1.82) is 0 Å². The van der Waals surface area contributed by atoms with Crippen molar-refractivity contribution in [3.05, 3.63) is 41.7 Å². The van der Waals surface area contributed by atoms with Gasteiger partial charge in [0.2, 0.25) is 0 Å². The summed E-state index contributed by atoms with van der Waals surface area (Å²) in [7, 11) is 0. The van der Waals surface area contributed by atoms with Crippen LogP contribution in [0.5, 0.6) is 5.75 Å². The standard InChI is InChI=1S/C13H14N4O4/c1-7(9-5-14-15-6-9)16-13(21)17-10-3-2-8(12(19)20)4-11(10)18/h2-7,18H,1H3,(H,14,15)(H,19,20)(H2,16,17,21). The molecule has 1 aromatic heterocycles. The summed E-state index contributed by atoms with van der Waals surface area (Å²) in [6, 6.07) is 2.88. The Morgan fingerprint density at radius 3 is 2.71 bits per heavy atom. The molecule has 0 saturated heterocycles. The third-order valence-corrected chi connectivity index (χ3v) is 2.86. The number of hydrogen-bond acceptors (Lipinski definition) is 4. The molecule has 5 N–H and O–H groups in total. The average Bonchev–Trinajstić information content (AvgIpc) is 2.94. The van der Waals surface area contributed by atoms with E-state index in [1.165, 1.54) is 12.1 Å². The van der Waals surface area contributed by atoms with Crippen LogP contribution in [0.25, 0.3) is 0 Å². The van der Waals surface area contributed by atoms with Crippen LogP contribution in [0.3, 0.4) is 0 Å². The van der Waals surface area contributed by atoms with Gasteiger partial charge in [0.05, 0.1) is 23.5 Å². The highest BCUT2D eigenvalue weighted by Crippen LogP contribution is 2.24. The number of aromatic carboxylic acids is 1. The number of aromatic hydroxyl groups is 1. The van der Waals surface area contributed by atoms with Crippen molar-refractivity contribution < 1.29 is 19.8 Å². The Morgan fingerprint density at radius 1 is 1.38 bits per heavy atom. The molecule has 1 unspecified atom stereocenters. The van der Waals surface area contributed by atoms with Crippen molar-refractivity contribution >= 4 is 17.7 Å². The number of phenolic OH excluding ortho intramolecular Hbond substituents is 1. The zero-order valence-corrected chi connectivity index (χ0v) is 11.1. The molecule has 110 valence electrons. The Hall–Kier alpha value is -3.03. The molecule has 0 radical (unpaired) electrons. The van der Waals surface area contributed by atoms with Crippen molar-refractivity contribution in [3.63, 3.8) is 0 Å². The van der Waals surface area contributed by atoms with Gasteiger partial charge in [-0.2, -0.15) is 5.10 Å². The molecule has 8 nitrogen and oxygen atoms in total. The van der Waals surface area contributed by atoms with E-state index in [1.807, 2.05) is 0 Å². The van der Waals surface area contributed by atoms with Gasteiger partial charge in [-0.3, -0.25) is 5.10 Å². The number of phenols is 1. The van der Waals surface area contributed by atoms with Gasteiger partial charge in [0, 0.05) is 11.8 Å². The fraction of sp³-hybridized carbons (Fsp3) is 0.154. The van der Waals surface area contributed by atoms with Gasteiger partial charge in [0.25, 0.3) is 0 Å². The van der Waals surface area contributed by atoms with Gasteiger partial charge >= 0.3 is 12.0 Å². The lowest BCUT2D eigenvalue weighted by Crippen LogP contribution is -2.31. The van der Waals surface area contributed by atoms with Gasteiger partial charge in [-0.25, -0.2) is 9.59 Å². The van der Waals surface area contributed by atoms with Crippen LogP contribution in [0.2, 0.25) is 0 Å². The second-order valence-corrected chi connectivity index (χ2v) is 4.39. The van der Waals surface area contributed by atoms with E-state index in [1.54, 1.807) is 19.3 Å². The molecule has 0 bridgehead atoms. The highest BCUT2D eigenvalue weighted by atomic mass is 16.4. The first-order valence-electron chi connectivity index (χ1n) is 6.10. The van der Waals surface area contributed by atoms with Gasteiger partial charge in [-0.15, -0.1) is 0 Å². The molecule has 0 saturated carbocycles. The maximum atomic E-state index is 11.8. The van der Waals surface area contributed by atoms with Crippen molar-refractivity contribution in [2.24, 2.45) is 0 Å². The number of benzene rings is 1. The minimum absolute atomic E-state index is 0.0646. The number of rotatable bonds is 4. The number of anilines is 1. The van der Waals surface area contributed by atoms with Crippen molar-refractivity contribution in [2.75, 3.05) is 5.32 Å². The fourth-order valence-corrected chi connectivity index (χ4v) is 1.71. The smallest absolute Gasteiger partial charge is 0.335 e. The Bertz CT molecular complexity index is 654. The third kappa shape index (κ3) is 3.50. The minimum Gasteiger partial charge on any atom is -0.506 e. The third-order valence-electron chi connectivity index (χ3n) is 2.86. The summed E-state index contributed by atoms with van der Waals surface area (Å²) in [5, 5.41) is 30.0. The van der Waals surface area contributed by atoms with Crippen LogP contribution in [-0.2, 0) is 0 Å². The van der Waals surface area contributed by atoms with Crippen LogP contribution in [-0.4, -0.2) is 32.4 Å². The topological polar surface area (TPSA) is 127 Å². The zero-order valence-electron chi connectivity index (χ0n) is 11.1. The molecule has 0 fully saturated rings. The summed E-state index contributed by atoms with van der Waals surface area (Å²) in [6.45, 7) is 1.78. The molecule has 21 heavy (non-hydrogen) atoms. The summed E-state index contributed by atoms with van der Waals surface area (Å²) in [4.78, 5) is 22.6. The summed E-state index contributed by atoms with van der Waals surface area (Å²) in [6.07, 6.45) is 3.24. The molecule has 0 aliphatic carbocycles. The highest BCUT2D eigenvalue weighted by molar-refractivity contribution is 5.93. The predicted octanol–water partition coefficient (Wildman–Crippen LogP) is 1.70. The van der Waals surface area contributed by atoms with Crippen LogP contribution < -0.4 is 10.6 Å². The summed E-state index contributed by atoms with van der Waals surface area (Å²) in [5.74, 6) is -1.48. The van der Waals surface area contributed by atoms with E-state index in [2.05, 4.69) is 20.8 Å². The first kappa shape index (κ1) is 14.4. The van der Waals surface area contributed by atoms with E-state index in [4.69, 9.17) is 5.11 Å². The second kappa shape index (κ2) is 5.95. The Kier molecular flexibility index (Phi) is 4.07. The minimum atomic E-state index is -1.16. The molecule has 2 rings (SSSR count). The maximum Gasteiger partial charge on any atom is 0.335 e. The van der Waals surface area contributed by atoms with E-state index >= 15 is 0 Å². The van der Waals surface area contributed by atoms with Gasteiger partial charge in [0.15, 0.2) is 0 Å². The van der Waals surface area contributed by atoms with Crippen LogP contribution in [0.1, 0.15) is 28.9 Å². The number of carboxylic acids is 1. The molecule has 1 aromatic carbocycles. The van der Waals surface area contributed by atoms with E-state index < -0.39 is 12.0 Å². The molecule has 1 heterocycles.